The second-order valence-electron chi connectivity index (χ2n) is 4.93. The van der Waals surface area contributed by atoms with Gasteiger partial charge in [-0.2, -0.15) is 5.26 Å². The van der Waals surface area contributed by atoms with Gasteiger partial charge in [0.2, 0.25) is 5.91 Å². The minimum Gasteiger partial charge on any atom is -0.288 e. The number of amides is 1. The lowest BCUT2D eigenvalue weighted by molar-refractivity contribution is -0.739. The van der Waals surface area contributed by atoms with Crippen molar-refractivity contribution < 1.29 is 14.0 Å². The first-order chi connectivity index (χ1) is 10.5. The molecule has 2 aromatic heterocycles. The zero-order valence-corrected chi connectivity index (χ0v) is 13.3. The molecule has 2 heterocycles. The number of aryl methyl sites for hydroxylation is 1. The van der Waals surface area contributed by atoms with Crippen LogP contribution in [-0.4, -0.2) is 21.9 Å². The van der Waals surface area contributed by atoms with Gasteiger partial charge in [-0.25, -0.2) is 4.98 Å². The van der Waals surface area contributed by atoms with Crippen LogP contribution in [0.5, 0.6) is 0 Å². The Balaban J connectivity index is 2.02. The molecule has 0 radical (unpaired) electrons. The molecule has 0 atom stereocenters. The summed E-state index contributed by atoms with van der Waals surface area (Å²) in [7, 11) is 1.69. The van der Waals surface area contributed by atoms with E-state index in [1.54, 1.807) is 19.3 Å². The second kappa shape index (κ2) is 7.04. The highest BCUT2D eigenvalue weighted by Crippen LogP contribution is 2.23. The minimum absolute atomic E-state index is 0.133. The van der Waals surface area contributed by atoms with E-state index in [9.17, 15) is 4.79 Å². The maximum absolute atomic E-state index is 11.9. The molecule has 0 saturated heterocycles. The molecular formula is C14H16N5O2S+. The molecule has 22 heavy (non-hydrogen) atoms. The molecule has 114 valence electrons. The summed E-state index contributed by atoms with van der Waals surface area (Å²) in [6.45, 7) is 4.05. The summed E-state index contributed by atoms with van der Waals surface area (Å²) in [5.41, 5.74) is 1.36. The smallest absolute Gasteiger partial charge is 0.288 e. The van der Waals surface area contributed by atoms with Crippen molar-refractivity contribution >= 4 is 23.6 Å². The number of anilines is 1. The van der Waals surface area contributed by atoms with E-state index in [4.69, 9.17) is 9.78 Å². The number of carbonyl (C=O) groups is 1. The number of rotatable bonds is 5. The van der Waals surface area contributed by atoms with Gasteiger partial charge in [0.05, 0.1) is 11.3 Å². The zero-order chi connectivity index (χ0) is 16.1. The molecule has 0 bridgehead atoms. The molecule has 7 nitrogen and oxygen atoms in total. The molecule has 0 fully saturated rings. The molecular weight excluding hydrogens is 302 g/mol. The zero-order valence-electron chi connectivity index (χ0n) is 12.5. The van der Waals surface area contributed by atoms with Crippen LogP contribution in [0, 0.1) is 11.3 Å². The molecule has 8 heteroatoms. The van der Waals surface area contributed by atoms with Gasteiger partial charge in [0.15, 0.2) is 12.3 Å². The monoisotopic (exact) mass is 318 g/mol. The van der Waals surface area contributed by atoms with Crippen LogP contribution in [0.15, 0.2) is 27.9 Å². The summed E-state index contributed by atoms with van der Waals surface area (Å²) >= 11 is 1.22. The van der Waals surface area contributed by atoms with E-state index in [1.165, 1.54) is 16.4 Å². The Morgan fingerprint density at radius 1 is 1.55 bits per heavy atom. The number of nitrogens with one attached hydrogen (secondary N) is 1. The van der Waals surface area contributed by atoms with E-state index in [1.807, 2.05) is 19.9 Å². The van der Waals surface area contributed by atoms with Gasteiger partial charge in [-0.15, -0.1) is 0 Å². The van der Waals surface area contributed by atoms with Crippen LogP contribution in [0.3, 0.4) is 0 Å². The minimum atomic E-state index is -0.248. The summed E-state index contributed by atoms with van der Waals surface area (Å²) in [5, 5.41) is 15.9. The average Bonchev–Trinajstić information content (AvgIpc) is 2.89. The molecule has 2 aromatic rings. The molecule has 0 saturated carbocycles. The molecule has 0 spiro atoms. The molecule has 1 N–H and O–H groups in total. The highest BCUT2D eigenvalue weighted by molar-refractivity contribution is 8.00. The van der Waals surface area contributed by atoms with Crippen molar-refractivity contribution in [3.05, 3.63) is 29.6 Å². The molecule has 0 aliphatic rings. The van der Waals surface area contributed by atoms with E-state index in [2.05, 4.69) is 21.6 Å². The van der Waals surface area contributed by atoms with Crippen LogP contribution in [0.1, 0.15) is 31.0 Å². The van der Waals surface area contributed by atoms with Crippen LogP contribution < -0.4 is 10.00 Å². The third-order valence-electron chi connectivity index (χ3n) is 2.77. The average molecular weight is 318 g/mol. The van der Waals surface area contributed by atoms with Gasteiger partial charge in [0.1, 0.15) is 11.1 Å². The Kier molecular flexibility index (Phi) is 5.12. The lowest BCUT2D eigenvalue weighted by Gasteiger charge is -2.08. The SMILES string of the molecule is CC(C)c1ccc(C#N)c(SCC(=O)Nc2c[n+](C)no2)n1. The quantitative estimate of drug-likeness (QED) is 0.665. The fourth-order valence-corrected chi connectivity index (χ4v) is 2.44. The first-order valence-electron chi connectivity index (χ1n) is 6.66. The van der Waals surface area contributed by atoms with Crippen molar-refractivity contribution in [3.8, 4) is 6.07 Å². The Morgan fingerprint density at radius 2 is 2.32 bits per heavy atom. The van der Waals surface area contributed by atoms with Crippen molar-refractivity contribution in [2.75, 3.05) is 11.1 Å². The molecule has 1 amide bonds. The number of hydrogen-bond donors (Lipinski definition) is 1. The van der Waals surface area contributed by atoms with Crippen molar-refractivity contribution in [1.29, 1.82) is 5.26 Å². The van der Waals surface area contributed by atoms with Crippen molar-refractivity contribution in [2.45, 2.75) is 24.8 Å². The van der Waals surface area contributed by atoms with E-state index in [0.717, 1.165) is 5.69 Å². The van der Waals surface area contributed by atoms with Crippen LogP contribution >= 0.6 is 11.8 Å². The number of nitriles is 1. The summed E-state index contributed by atoms with van der Waals surface area (Å²) in [5.74, 6) is 0.420. The predicted molar refractivity (Wildman–Crippen MR) is 80.1 cm³/mol. The van der Waals surface area contributed by atoms with Gasteiger partial charge < -0.3 is 0 Å². The number of thioether (sulfide) groups is 1. The van der Waals surface area contributed by atoms with Crippen molar-refractivity contribution in [3.63, 3.8) is 0 Å². The molecule has 2 rings (SSSR count). The van der Waals surface area contributed by atoms with Crippen LogP contribution in [0.4, 0.5) is 5.88 Å². The third-order valence-corrected chi connectivity index (χ3v) is 3.76. The summed E-state index contributed by atoms with van der Waals surface area (Å²) in [6, 6.07) is 5.66. The maximum atomic E-state index is 11.9. The van der Waals surface area contributed by atoms with Crippen LogP contribution in [0.25, 0.3) is 0 Å². The van der Waals surface area contributed by atoms with Gasteiger partial charge in [-0.1, -0.05) is 30.3 Å². The standard InChI is InChI=1S/C14H15N5O2S/c1-9(2)11-5-4-10(6-15)14(16-11)22-8-12(20)17-13-7-19(3)18-21-13/h4-5,7,9H,8H2,1-3H3/p+1. The van der Waals surface area contributed by atoms with Gasteiger partial charge in [0.25, 0.3) is 6.20 Å². The normalized spacial score (nSPS) is 10.5. The third kappa shape index (κ3) is 4.05. The first kappa shape index (κ1) is 16.0. The van der Waals surface area contributed by atoms with E-state index in [-0.39, 0.29) is 23.5 Å². The van der Waals surface area contributed by atoms with Gasteiger partial charge in [0, 0.05) is 5.69 Å². The first-order valence-corrected chi connectivity index (χ1v) is 7.64. The number of carbonyl (C=O) groups excluding carboxylic acids is 1. The van der Waals surface area contributed by atoms with Crippen molar-refractivity contribution in [2.24, 2.45) is 7.05 Å². The van der Waals surface area contributed by atoms with E-state index in [0.29, 0.717) is 10.6 Å². The highest BCUT2D eigenvalue weighted by Gasteiger charge is 2.14. The van der Waals surface area contributed by atoms with E-state index < -0.39 is 0 Å². The fourth-order valence-electron chi connectivity index (χ4n) is 1.66. The van der Waals surface area contributed by atoms with Crippen LogP contribution in [0.2, 0.25) is 0 Å². The summed E-state index contributed by atoms with van der Waals surface area (Å²) in [6.07, 6.45) is 1.56. The van der Waals surface area contributed by atoms with Crippen LogP contribution in [-0.2, 0) is 11.8 Å². The van der Waals surface area contributed by atoms with Gasteiger partial charge in [-0.05, 0) is 18.1 Å². The van der Waals surface area contributed by atoms with Gasteiger partial charge >= 0.3 is 5.88 Å². The summed E-state index contributed by atoms with van der Waals surface area (Å²) < 4.78 is 6.33. The molecule has 0 aliphatic heterocycles. The molecule has 0 aromatic carbocycles. The molecule has 0 aliphatic carbocycles. The Morgan fingerprint density at radius 3 is 2.91 bits per heavy atom. The fraction of sp³-hybridized carbons (Fsp3) is 0.357. The highest BCUT2D eigenvalue weighted by atomic mass is 32.2. The summed E-state index contributed by atoms with van der Waals surface area (Å²) in [4.78, 5) is 16.3. The number of hydrogen-bond acceptors (Lipinski definition) is 6. The topological polar surface area (TPSA) is 95.7 Å². The Bertz CT molecular complexity index is 720. The number of nitrogens with zero attached hydrogens (tertiary/aromatic N) is 4. The Hall–Kier alpha value is -2.40. The maximum Gasteiger partial charge on any atom is 0.302 e. The lowest BCUT2D eigenvalue weighted by atomic mass is 10.1. The van der Waals surface area contributed by atoms with Gasteiger partial charge in [-0.3, -0.25) is 14.6 Å². The molecule has 0 unspecified atom stereocenters. The largest absolute Gasteiger partial charge is 0.302 e. The van der Waals surface area contributed by atoms with Crippen molar-refractivity contribution in [1.82, 2.24) is 10.3 Å². The Labute approximate surface area is 132 Å². The number of pyridine rings is 1. The lowest BCUT2D eigenvalue weighted by Crippen LogP contribution is -2.28. The second-order valence-corrected chi connectivity index (χ2v) is 5.90. The number of aromatic nitrogens is 3. The van der Waals surface area contributed by atoms with E-state index >= 15 is 0 Å². The predicted octanol–water partition coefficient (Wildman–Crippen LogP) is 1.62.